The van der Waals surface area contributed by atoms with Gasteiger partial charge in [-0.25, -0.2) is 4.79 Å². The molecule has 2 heterocycles. The Hall–Kier alpha value is -1.40. The second kappa shape index (κ2) is 11.2. The van der Waals surface area contributed by atoms with E-state index in [1.54, 1.807) is 0 Å². The van der Waals surface area contributed by atoms with E-state index in [-0.39, 0.29) is 17.9 Å². The van der Waals surface area contributed by atoms with Crippen molar-refractivity contribution in [1.82, 2.24) is 0 Å². The van der Waals surface area contributed by atoms with Crippen LogP contribution < -0.4 is 0 Å². The number of hydrogen-bond acceptors (Lipinski definition) is 6. The minimum absolute atomic E-state index is 0.0268. The van der Waals surface area contributed by atoms with Gasteiger partial charge in [-0.1, -0.05) is 12.5 Å². The number of esters is 2. The molecule has 6 heteroatoms. The lowest BCUT2D eigenvalue weighted by molar-refractivity contribution is -0.147. The fourth-order valence-corrected chi connectivity index (χ4v) is 2.88. The normalized spacial score (nSPS) is 19.6. The molecule has 0 amide bonds. The fraction of sp³-hybridized carbons (Fsp3) is 0.778. The zero-order chi connectivity index (χ0) is 17.9. The highest BCUT2D eigenvalue weighted by Gasteiger charge is 2.26. The summed E-state index contributed by atoms with van der Waals surface area (Å²) >= 11 is 0. The van der Waals surface area contributed by atoms with Crippen molar-refractivity contribution >= 4 is 11.9 Å². The number of rotatable bonds is 3. The molecular weight excluding hydrogens is 312 g/mol. The quantitative estimate of drug-likeness (QED) is 0.580. The Morgan fingerprint density at radius 2 is 1.54 bits per heavy atom. The number of hydrogen-bond donors (Lipinski definition) is 0. The summed E-state index contributed by atoms with van der Waals surface area (Å²) in [6.07, 6.45) is 3.69. The molecule has 0 radical (unpaired) electrons. The van der Waals surface area contributed by atoms with Crippen molar-refractivity contribution in [1.29, 1.82) is 0 Å². The van der Waals surface area contributed by atoms with Gasteiger partial charge in [-0.05, 0) is 38.5 Å². The number of carbonyl (C=O) groups excluding carboxylic acids is 2. The van der Waals surface area contributed by atoms with Gasteiger partial charge in [0.25, 0.3) is 0 Å². The van der Waals surface area contributed by atoms with E-state index in [1.807, 2.05) is 13.8 Å². The van der Waals surface area contributed by atoms with Crippen molar-refractivity contribution in [3.8, 4) is 0 Å². The smallest absolute Gasteiger partial charge is 0.333 e. The maximum Gasteiger partial charge on any atom is 0.333 e. The highest BCUT2D eigenvalue weighted by molar-refractivity contribution is 5.88. The van der Waals surface area contributed by atoms with Crippen LogP contribution in [0.25, 0.3) is 0 Å². The second-order valence-corrected chi connectivity index (χ2v) is 6.09. The molecule has 0 N–H and O–H groups in total. The number of methoxy groups -OCH3 is 2. The molecule has 2 aliphatic heterocycles. The molecule has 0 saturated carbocycles. The van der Waals surface area contributed by atoms with Gasteiger partial charge in [-0.2, -0.15) is 0 Å². The zero-order valence-corrected chi connectivity index (χ0v) is 15.3. The van der Waals surface area contributed by atoms with Crippen LogP contribution in [-0.2, 0) is 28.5 Å². The largest absolute Gasteiger partial charge is 0.469 e. The molecule has 0 aromatic carbocycles. The first-order valence-electron chi connectivity index (χ1n) is 8.51. The van der Waals surface area contributed by atoms with Crippen LogP contribution in [0.15, 0.2) is 11.1 Å². The van der Waals surface area contributed by atoms with Crippen molar-refractivity contribution in [3.05, 3.63) is 11.1 Å². The minimum atomic E-state index is -0.216. The minimum Gasteiger partial charge on any atom is -0.469 e. The van der Waals surface area contributed by atoms with E-state index < -0.39 is 0 Å². The Morgan fingerprint density at radius 1 is 1.00 bits per heavy atom. The molecule has 2 aliphatic rings. The van der Waals surface area contributed by atoms with Gasteiger partial charge in [-0.3, -0.25) is 4.79 Å². The van der Waals surface area contributed by atoms with E-state index in [2.05, 4.69) is 9.47 Å². The van der Waals surface area contributed by atoms with Gasteiger partial charge in [0.1, 0.15) is 0 Å². The molecule has 0 aliphatic carbocycles. The summed E-state index contributed by atoms with van der Waals surface area (Å²) < 4.78 is 19.7. The van der Waals surface area contributed by atoms with Crippen LogP contribution in [0.1, 0.15) is 39.5 Å². The Bertz CT molecular complexity index is 429. The molecule has 138 valence electrons. The van der Waals surface area contributed by atoms with Gasteiger partial charge in [-0.15, -0.1) is 0 Å². The van der Waals surface area contributed by atoms with E-state index in [0.29, 0.717) is 5.92 Å². The van der Waals surface area contributed by atoms with Crippen LogP contribution in [0.5, 0.6) is 0 Å². The SMILES string of the molecule is COC(=O)C(C)=C1CCOCC1.COC(=O)[C@H](C)C1CCOCC1. The predicted molar refractivity (Wildman–Crippen MR) is 89.5 cm³/mol. The Morgan fingerprint density at radius 3 is 2.04 bits per heavy atom. The van der Waals surface area contributed by atoms with E-state index >= 15 is 0 Å². The molecule has 0 unspecified atom stereocenters. The third kappa shape index (κ3) is 6.61. The van der Waals surface area contributed by atoms with E-state index in [0.717, 1.165) is 57.7 Å². The molecule has 0 spiro atoms. The van der Waals surface area contributed by atoms with Crippen LogP contribution in [0, 0.1) is 11.8 Å². The maximum absolute atomic E-state index is 11.1. The van der Waals surface area contributed by atoms with Crippen molar-refractivity contribution in [2.45, 2.75) is 39.5 Å². The summed E-state index contributed by atoms with van der Waals surface area (Å²) in [7, 11) is 2.85. The van der Waals surface area contributed by atoms with E-state index in [4.69, 9.17) is 9.47 Å². The van der Waals surface area contributed by atoms with Gasteiger partial charge >= 0.3 is 11.9 Å². The van der Waals surface area contributed by atoms with E-state index in [1.165, 1.54) is 19.8 Å². The first-order chi connectivity index (χ1) is 11.5. The predicted octanol–water partition coefficient (Wildman–Crippen LogP) is 2.51. The van der Waals surface area contributed by atoms with Gasteiger partial charge in [0.05, 0.1) is 33.4 Å². The lowest BCUT2D eigenvalue weighted by Gasteiger charge is -2.25. The summed E-state index contributed by atoms with van der Waals surface area (Å²) in [6, 6.07) is 0. The van der Waals surface area contributed by atoms with Crippen LogP contribution in [-0.4, -0.2) is 52.6 Å². The number of ether oxygens (including phenoxy) is 4. The van der Waals surface area contributed by atoms with Gasteiger partial charge in [0.15, 0.2) is 0 Å². The summed E-state index contributed by atoms with van der Waals surface area (Å²) in [5, 5.41) is 0. The Balaban J connectivity index is 0.000000240. The first kappa shape index (κ1) is 20.6. The summed E-state index contributed by atoms with van der Waals surface area (Å²) in [4.78, 5) is 22.2. The van der Waals surface area contributed by atoms with Crippen molar-refractivity contribution in [3.63, 3.8) is 0 Å². The van der Waals surface area contributed by atoms with Gasteiger partial charge in [0.2, 0.25) is 0 Å². The third-order valence-corrected chi connectivity index (χ3v) is 4.66. The summed E-state index contributed by atoms with van der Waals surface area (Å²) in [6.45, 7) is 6.76. The molecular formula is C18H30O6. The molecule has 0 bridgehead atoms. The maximum atomic E-state index is 11.1. The molecule has 0 aromatic heterocycles. The van der Waals surface area contributed by atoms with Gasteiger partial charge < -0.3 is 18.9 Å². The Kier molecular flexibility index (Phi) is 9.64. The fourth-order valence-electron chi connectivity index (χ4n) is 2.88. The lowest BCUT2D eigenvalue weighted by Crippen LogP contribution is -2.27. The standard InChI is InChI=1S/C9H16O3.C9H14O3/c2*1-7(9(10)11-2)8-3-5-12-6-4-8/h7-8H,3-6H2,1-2H3;3-6H2,1-2H3/t7-;/m1./s1. The molecule has 2 saturated heterocycles. The van der Waals surface area contributed by atoms with Crippen LogP contribution in [0.2, 0.25) is 0 Å². The Labute approximate surface area is 144 Å². The average molecular weight is 342 g/mol. The molecule has 2 rings (SSSR count). The third-order valence-electron chi connectivity index (χ3n) is 4.66. The summed E-state index contributed by atoms with van der Waals surface area (Å²) in [5.41, 5.74) is 1.92. The van der Waals surface area contributed by atoms with E-state index in [9.17, 15) is 9.59 Å². The highest BCUT2D eigenvalue weighted by atomic mass is 16.5. The van der Waals surface area contributed by atoms with Crippen molar-refractivity contribution < 1.29 is 28.5 Å². The summed E-state index contributed by atoms with van der Waals surface area (Å²) in [5.74, 6) is 0.166. The molecule has 1 atom stereocenters. The molecule has 6 nitrogen and oxygen atoms in total. The van der Waals surface area contributed by atoms with Crippen molar-refractivity contribution in [2.24, 2.45) is 11.8 Å². The first-order valence-corrected chi connectivity index (χ1v) is 8.51. The zero-order valence-electron chi connectivity index (χ0n) is 15.3. The van der Waals surface area contributed by atoms with Gasteiger partial charge in [0, 0.05) is 18.8 Å². The van der Waals surface area contributed by atoms with Crippen LogP contribution in [0.3, 0.4) is 0 Å². The monoisotopic (exact) mass is 342 g/mol. The molecule has 2 fully saturated rings. The topological polar surface area (TPSA) is 71.1 Å². The molecule has 0 aromatic rings. The number of carbonyl (C=O) groups is 2. The van der Waals surface area contributed by atoms with Crippen molar-refractivity contribution in [2.75, 3.05) is 40.6 Å². The highest BCUT2D eigenvalue weighted by Crippen LogP contribution is 2.24. The lowest BCUT2D eigenvalue weighted by atomic mass is 9.87. The van der Waals surface area contributed by atoms with Crippen LogP contribution in [0.4, 0.5) is 0 Å². The molecule has 24 heavy (non-hydrogen) atoms. The average Bonchev–Trinajstić information content (AvgIpc) is 2.67. The second-order valence-electron chi connectivity index (χ2n) is 6.09. The van der Waals surface area contributed by atoms with Crippen LogP contribution >= 0.6 is 0 Å².